The molecular weight excluding hydrogens is 352 g/mol. The molecule has 1 aromatic rings. The number of likely N-dealkylation sites (tertiary alicyclic amines) is 1. The molecule has 2 fully saturated rings. The van der Waals surface area contributed by atoms with Gasteiger partial charge in [0.15, 0.2) is 0 Å². The normalized spacial score (nSPS) is 25.1. The van der Waals surface area contributed by atoms with Crippen molar-refractivity contribution in [3.8, 4) is 5.75 Å². The van der Waals surface area contributed by atoms with Crippen LogP contribution in [0.3, 0.4) is 0 Å². The summed E-state index contributed by atoms with van der Waals surface area (Å²) in [6.45, 7) is 2.77. The highest BCUT2D eigenvalue weighted by atomic mass is 16.5. The van der Waals surface area contributed by atoms with Gasteiger partial charge >= 0.3 is 5.97 Å². The van der Waals surface area contributed by atoms with Crippen LogP contribution in [0.2, 0.25) is 0 Å². The fraction of sp³-hybridized carbons (Fsp3) is 0.526. The van der Waals surface area contributed by atoms with E-state index in [2.05, 4.69) is 0 Å². The number of carbonyl (C=O) groups is 3. The third-order valence-corrected chi connectivity index (χ3v) is 5.09. The van der Waals surface area contributed by atoms with Crippen LogP contribution < -0.4 is 9.64 Å². The van der Waals surface area contributed by atoms with Crippen LogP contribution in [-0.2, 0) is 19.1 Å². The number of benzene rings is 1. The van der Waals surface area contributed by atoms with Gasteiger partial charge in [-0.2, -0.15) is 0 Å². The minimum Gasteiger partial charge on any atom is -0.492 e. The number of methoxy groups -OCH3 is 1. The van der Waals surface area contributed by atoms with Gasteiger partial charge in [-0.25, -0.2) is 4.79 Å². The van der Waals surface area contributed by atoms with E-state index in [1.54, 1.807) is 17.0 Å². The average molecular weight is 376 g/mol. The lowest BCUT2D eigenvalue weighted by Crippen LogP contribution is -2.44. The summed E-state index contributed by atoms with van der Waals surface area (Å²) in [6.07, 6.45) is 0.0106. The lowest BCUT2D eigenvalue weighted by molar-refractivity contribution is -0.149. The van der Waals surface area contributed by atoms with E-state index in [0.29, 0.717) is 18.0 Å². The molecule has 2 heterocycles. The zero-order chi connectivity index (χ0) is 19.6. The number of rotatable bonds is 6. The van der Waals surface area contributed by atoms with E-state index in [1.165, 1.54) is 12.0 Å². The Labute approximate surface area is 157 Å². The Kier molecular flexibility index (Phi) is 5.65. The maximum atomic E-state index is 13.0. The number of aliphatic carboxylic acids is 1. The highest BCUT2D eigenvalue weighted by molar-refractivity contribution is 6.01. The van der Waals surface area contributed by atoms with Crippen molar-refractivity contribution in [2.75, 3.05) is 31.7 Å². The number of carbonyl (C=O) groups excluding carboxylic acids is 2. The SMILES string of the molecule is CCOc1ccccc1N1CC(C(=O)N2CC(OC)CC2C(=O)O)CC1=O. The minimum atomic E-state index is -1.05. The number of carboxylic acid groups (broad SMARTS) is 1. The number of ether oxygens (including phenoxy) is 2. The first-order chi connectivity index (χ1) is 13.0. The van der Waals surface area contributed by atoms with E-state index in [-0.39, 0.29) is 43.8 Å². The monoisotopic (exact) mass is 376 g/mol. The van der Waals surface area contributed by atoms with Crippen LogP contribution in [0, 0.1) is 5.92 Å². The van der Waals surface area contributed by atoms with Crippen molar-refractivity contribution in [3.63, 3.8) is 0 Å². The summed E-state index contributed by atoms with van der Waals surface area (Å²) < 4.78 is 10.8. The van der Waals surface area contributed by atoms with Gasteiger partial charge in [-0.1, -0.05) is 12.1 Å². The number of carboxylic acids is 1. The molecule has 0 spiro atoms. The first kappa shape index (κ1) is 19.2. The van der Waals surface area contributed by atoms with E-state index in [9.17, 15) is 19.5 Å². The molecule has 8 heteroatoms. The largest absolute Gasteiger partial charge is 0.492 e. The molecule has 1 aromatic carbocycles. The lowest BCUT2D eigenvalue weighted by Gasteiger charge is -2.25. The molecule has 2 amide bonds. The second-order valence-corrected chi connectivity index (χ2v) is 6.74. The van der Waals surface area contributed by atoms with E-state index in [0.717, 1.165) is 0 Å². The molecule has 1 N–H and O–H groups in total. The van der Waals surface area contributed by atoms with Crippen LogP contribution in [-0.4, -0.2) is 66.7 Å². The Morgan fingerprint density at radius 3 is 2.67 bits per heavy atom. The number of hydrogen-bond acceptors (Lipinski definition) is 5. The Bertz CT molecular complexity index is 737. The molecule has 3 unspecified atom stereocenters. The molecule has 0 aromatic heterocycles. The maximum absolute atomic E-state index is 13.0. The summed E-state index contributed by atoms with van der Waals surface area (Å²) in [6, 6.07) is 6.29. The lowest BCUT2D eigenvalue weighted by atomic mass is 10.1. The molecule has 0 radical (unpaired) electrons. The smallest absolute Gasteiger partial charge is 0.326 e. The minimum absolute atomic E-state index is 0.0553. The van der Waals surface area contributed by atoms with Gasteiger partial charge in [-0.05, 0) is 19.1 Å². The second kappa shape index (κ2) is 7.96. The standard InChI is InChI=1S/C19H24N2O6/c1-3-27-16-7-5-4-6-14(16)20-10-12(8-17(20)22)18(23)21-11-13(26-2)9-15(21)19(24)25/h4-7,12-13,15H,3,8-11H2,1-2H3,(H,24,25). The third kappa shape index (κ3) is 3.75. The third-order valence-electron chi connectivity index (χ3n) is 5.09. The van der Waals surface area contributed by atoms with Gasteiger partial charge in [0.2, 0.25) is 11.8 Å². The van der Waals surface area contributed by atoms with Crippen molar-refractivity contribution >= 4 is 23.5 Å². The van der Waals surface area contributed by atoms with Crippen molar-refractivity contribution < 1.29 is 29.0 Å². The predicted octanol–water partition coefficient (Wildman–Crippen LogP) is 1.14. The zero-order valence-electron chi connectivity index (χ0n) is 15.5. The van der Waals surface area contributed by atoms with E-state index < -0.39 is 17.9 Å². The van der Waals surface area contributed by atoms with Gasteiger partial charge in [0, 0.05) is 33.0 Å². The summed E-state index contributed by atoms with van der Waals surface area (Å²) in [5.74, 6) is -1.53. The Hall–Kier alpha value is -2.61. The highest BCUT2D eigenvalue weighted by Gasteiger charge is 2.45. The van der Waals surface area contributed by atoms with E-state index in [1.807, 2.05) is 19.1 Å². The number of anilines is 1. The van der Waals surface area contributed by atoms with Crippen LogP contribution in [0.4, 0.5) is 5.69 Å². The van der Waals surface area contributed by atoms with Crippen LogP contribution in [0.15, 0.2) is 24.3 Å². The summed E-state index contributed by atoms with van der Waals surface area (Å²) in [7, 11) is 1.50. The Morgan fingerprint density at radius 2 is 2.00 bits per heavy atom. The molecule has 3 rings (SSSR count). The van der Waals surface area contributed by atoms with Gasteiger partial charge in [0.1, 0.15) is 11.8 Å². The fourth-order valence-corrected chi connectivity index (χ4v) is 3.74. The van der Waals surface area contributed by atoms with Gasteiger partial charge in [0.25, 0.3) is 0 Å². The average Bonchev–Trinajstić information content (AvgIpc) is 3.26. The molecule has 8 nitrogen and oxygen atoms in total. The molecule has 2 aliphatic heterocycles. The van der Waals surface area contributed by atoms with Crippen LogP contribution in [0.1, 0.15) is 19.8 Å². The van der Waals surface area contributed by atoms with Crippen molar-refractivity contribution in [1.82, 2.24) is 4.90 Å². The van der Waals surface area contributed by atoms with Crippen molar-refractivity contribution in [3.05, 3.63) is 24.3 Å². The quantitative estimate of drug-likeness (QED) is 0.800. The highest BCUT2D eigenvalue weighted by Crippen LogP contribution is 2.34. The molecule has 146 valence electrons. The van der Waals surface area contributed by atoms with Crippen molar-refractivity contribution in [2.45, 2.75) is 31.9 Å². The molecule has 0 bridgehead atoms. The zero-order valence-corrected chi connectivity index (χ0v) is 15.5. The predicted molar refractivity (Wildman–Crippen MR) is 96.6 cm³/mol. The van der Waals surface area contributed by atoms with E-state index >= 15 is 0 Å². The van der Waals surface area contributed by atoms with E-state index in [4.69, 9.17) is 9.47 Å². The number of hydrogen-bond donors (Lipinski definition) is 1. The van der Waals surface area contributed by atoms with Crippen LogP contribution in [0.25, 0.3) is 0 Å². The molecule has 2 saturated heterocycles. The molecule has 3 atom stereocenters. The first-order valence-corrected chi connectivity index (χ1v) is 9.04. The summed E-state index contributed by atoms with van der Waals surface area (Å²) in [5.41, 5.74) is 0.630. The Morgan fingerprint density at radius 1 is 1.26 bits per heavy atom. The van der Waals surface area contributed by atoms with Gasteiger partial charge in [-0.3, -0.25) is 9.59 Å². The molecule has 27 heavy (non-hydrogen) atoms. The Balaban J connectivity index is 1.77. The van der Waals surface area contributed by atoms with Crippen LogP contribution >= 0.6 is 0 Å². The maximum Gasteiger partial charge on any atom is 0.326 e. The number of para-hydroxylation sites is 2. The van der Waals surface area contributed by atoms with Crippen LogP contribution in [0.5, 0.6) is 5.75 Å². The second-order valence-electron chi connectivity index (χ2n) is 6.74. The van der Waals surface area contributed by atoms with Gasteiger partial charge in [0.05, 0.1) is 24.3 Å². The topological polar surface area (TPSA) is 96.4 Å². The molecule has 2 aliphatic rings. The first-order valence-electron chi connectivity index (χ1n) is 9.04. The molecular formula is C19H24N2O6. The summed E-state index contributed by atoms with van der Waals surface area (Å²) in [5, 5.41) is 9.42. The summed E-state index contributed by atoms with van der Waals surface area (Å²) in [4.78, 5) is 39.9. The van der Waals surface area contributed by atoms with Gasteiger partial charge in [-0.15, -0.1) is 0 Å². The number of nitrogens with zero attached hydrogens (tertiary/aromatic N) is 2. The molecule has 0 saturated carbocycles. The summed E-state index contributed by atoms with van der Waals surface area (Å²) >= 11 is 0. The van der Waals surface area contributed by atoms with Crippen molar-refractivity contribution in [2.24, 2.45) is 5.92 Å². The fourth-order valence-electron chi connectivity index (χ4n) is 3.74. The van der Waals surface area contributed by atoms with Crippen molar-refractivity contribution in [1.29, 1.82) is 0 Å². The number of amides is 2. The van der Waals surface area contributed by atoms with Gasteiger partial charge < -0.3 is 24.4 Å². The molecule has 0 aliphatic carbocycles.